The van der Waals surface area contributed by atoms with E-state index in [1.807, 2.05) is 66.4 Å². The Hall–Kier alpha value is -2.79. The smallest absolute Gasteiger partial charge is 0.272 e. The number of rotatable bonds is 5. The molecular weight excluding hydrogens is 362 g/mol. The highest BCUT2D eigenvalue weighted by Crippen LogP contribution is 2.24. The number of benzene rings is 2. The van der Waals surface area contributed by atoms with E-state index in [0.29, 0.717) is 31.9 Å². The summed E-state index contributed by atoms with van der Waals surface area (Å²) in [7, 11) is 0. The number of hydrogen-bond donors (Lipinski definition) is 0. The lowest BCUT2D eigenvalue weighted by atomic mass is 10.1. The molecule has 0 saturated heterocycles. The molecule has 0 N–H and O–H groups in total. The van der Waals surface area contributed by atoms with Gasteiger partial charge in [0.2, 0.25) is 0 Å². The van der Waals surface area contributed by atoms with Crippen molar-refractivity contribution >= 4 is 17.5 Å². The number of halogens is 1. The Balaban J connectivity index is 1.47. The molecule has 138 valence electrons. The second-order valence-electron chi connectivity index (χ2n) is 6.62. The Bertz CT molecular complexity index is 969. The molecule has 0 spiro atoms. The zero-order valence-corrected chi connectivity index (χ0v) is 15.8. The van der Waals surface area contributed by atoms with Crippen LogP contribution in [0.4, 0.5) is 0 Å². The van der Waals surface area contributed by atoms with Gasteiger partial charge in [-0.2, -0.15) is 5.10 Å². The maximum Gasteiger partial charge on any atom is 0.272 e. The van der Waals surface area contributed by atoms with Gasteiger partial charge in [-0.25, -0.2) is 0 Å². The molecule has 3 aromatic rings. The third kappa shape index (κ3) is 3.69. The maximum absolute atomic E-state index is 12.9. The fourth-order valence-corrected chi connectivity index (χ4v) is 3.41. The van der Waals surface area contributed by atoms with Crippen LogP contribution in [0.3, 0.4) is 0 Å². The molecular formula is C21H20ClN3O2. The third-order valence-corrected chi connectivity index (χ3v) is 5.22. The Kier molecular flexibility index (Phi) is 4.86. The summed E-state index contributed by atoms with van der Waals surface area (Å²) in [4.78, 5) is 14.7. The zero-order valence-electron chi connectivity index (χ0n) is 15.1. The van der Waals surface area contributed by atoms with Gasteiger partial charge in [0.15, 0.2) is 0 Å². The molecule has 1 aliphatic rings. The number of hydrogen-bond acceptors (Lipinski definition) is 3. The van der Waals surface area contributed by atoms with Gasteiger partial charge in [0.25, 0.3) is 5.91 Å². The molecule has 6 heteroatoms. The number of carbonyl (C=O) groups is 1. The summed E-state index contributed by atoms with van der Waals surface area (Å²) in [5.41, 5.74) is 3.32. The third-order valence-electron chi connectivity index (χ3n) is 4.68. The average molecular weight is 382 g/mol. The molecule has 0 radical (unpaired) electrons. The van der Waals surface area contributed by atoms with Crippen LogP contribution in [-0.4, -0.2) is 27.1 Å². The summed E-state index contributed by atoms with van der Waals surface area (Å²) in [6.45, 7) is 4.08. The minimum absolute atomic E-state index is 0.0303. The standard InChI is InChI=1S/C21H20ClN3O2/c1-15-6-5-7-16(20(15)22)13-24-10-11-25-19(21(24)26)12-17(23-25)14-27-18-8-3-2-4-9-18/h2-9,12H,10-11,13-14H2,1H3. The van der Waals surface area contributed by atoms with Gasteiger partial charge in [-0.15, -0.1) is 0 Å². The van der Waals surface area contributed by atoms with Crippen LogP contribution in [0, 0.1) is 6.92 Å². The summed E-state index contributed by atoms with van der Waals surface area (Å²) in [5.74, 6) is 0.753. The topological polar surface area (TPSA) is 47.4 Å². The average Bonchev–Trinajstić information content (AvgIpc) is 3.11. The lowest BCUT2D eigenvalue weighted by Crippen LogP contribution is -2.39. The largest absolute Gasteiger partial charge is 0.487 e. The van der Waals surface area contributed by atoms with Gasteiger partial charge < -0.3 is 9.64 Å². The number of fused-ring (bicyclic) bond motifs is 1. The first-order valence-corrected chi connectivity index (χ1v) is 9.27. The minimum Gasteiger partial charge on any atom is -0.487 e. The second kappa shape index (κ2) is 7.45. The van der Waals surface area contributed by atoms with E-state index in [2.05, 4.69) is 5.10 Å². The molecule has 1 aromatic heterocycles. The van der Waals surface area contributed by atoms with Crippen LogP contribution >= 0.6 is 11.6 Å². The number of aryl methyl sites for hydroxylation is 1. The van der Waals surface area contributed by atoms with Crippen LogP contribution in [0.1, 0.15) is 27.3 Å². The van der Waals surface area contributed by atoms with Crippen LogP contribution in [0.2, 0.25) is 5.02 Å². The molecule has 2 heterocycles. The predicted molar refractivity (Wildman–Crippen MR) is 104 cm³/mol. The molecule has 0 unspecified atom stereocenters. The number of para-hydroxylation sites is 1. The number of carbonyl (C=O) groups excluding carboxylic acids is 1. The van der Waals surface area contributed by atoms with E-state index in [1.165, 1.54) is 0 Å². The predicted octanol–water partition coefficient (Wildman–Crippen LogP) is 4.08. The molecule has 2 aromatic carbocycles. The van der Waals surface area contributed by atoms with Gasteiger partial charge in [-0.3, -0.25) is 9.48 Å². The normalized spacial score (nSPS) is 13.6. The Morgan fingerprint density at radius 2 is 1.93 bits per heavy atom. The molecule has 1 amide bonds. The van der Waals surface area contributed by atoms with E-state index in [-0.39, 0.29) is 5.91 Å². The highest BCUT2D eigenvalue weighted by molar-refractivity contribution is 6.32. The fourth-order valence-electron chi connectivity index (χ4n) is 3.22. The van der Waals surface area contributed by atoms with Crippen molar-refractivity contribution in [3.63, 3.8) is 0 Å². The van der Waals surface area contributed by atoms with Gasteiger partial charge in [0.05, 0.1) is 6.54 Å². The summed E-state index contributed by atoms with van der Waals surface area (Å²) in [6, 6.07) is 17.3. The molecule has 5 nitrogen and oxygen atoms in total. The van der Waals surface area contributed by atoms with E-state index in [4.69, 9.17) is 16.3 Å². The number of nitrogens with zero attached hydrogens (tertiary/aromatic N) is 3. The molecule has 1 aliphatic heterocycles. The number of aromatic nitrogens is 2. The molecule has 0 bridgehead atoms. The molecule has 27 heavy (non-hydrogen) atoms. The maximum atomic E-state index is 12.9. The molecule has 0 aliphatic carbocycles. The second-order valence-corrected chi connectivity index (χ2v) is 7.00. The van der Waals surface area contributed by atoms with Gasteiger partial charge in [-0.05, 0) is 36.2 Å². The first-order chi connectivity index (χ1) is 13.1. The van der Waals surface area contributed by atoms with Crippen molar-refractivity contribution in [1.82, 2.24) is 14.7 Å². The van der Waals surface area contributed by atoms with Crippen LogP contribution in [0.5, 0.6) is 5.75 Å². The first kappa shape index (κ1) is 17.6. The lowest BCUT2D eigenvalue weighted by molar-refractivity contribution is 0.0683. The molecule has 4 rings (SSSR count). The zero-order chi connectivity index (χ0) is 18.8. The Labute approximate surface area is 163 Å². The van der Waals surface area contributed by atoms with E-state index in [1.54, 1.807) is 4.68 Å². The first-order valence-electron chi connectivity index (χ1n) is 8.89. The van der Waals surface area contributed by atoms with Crippen LogP contribution in [0.25, 0.3) is 0 Å². The highest BCUT2D eigenvalue weighted by Gasteiger charge is 2.27. The van der Waals surface area contributed by atoms with E-state index in [0.717, 1.165) is 27.6 Å². The summed E-state index contributed by atoms with van der Waals surface area (Å²) >= 11 is 6.39. The van der Waals surface area contributed by atoms with Crippen molar-refractivity contribution in [2.24, 2.45) is 0 Å². The highest BCUT2D eigenvalue weighted by atomic mass is 35.5. The van der Waals surface area contributed by atoms with Crippen LogP contribution < -0.4 is 4.74 Å². The van der Waals surface area contributed by atoms with E-state index < -0.39 is 0 Å². The van der Waals surface area contributed by atoms with E-state index >= 15 is 0 Å². The summed E-state index contributed by atoms with van der Waals surface area (Å²) in [6.07, 6.45) is 0. The summed E-state index contributed by atoms with van der Waals surface area (Å²) in [5, 5.41) is 5.23. The van der Waals surface area contributed by atoms with E-state index in [9.17, 15) is 4.79 Å². The molecule has 0 atom stereocenters. The van der Waals surface area contributed by atoms with Crippen molar-refractivity contribution in [2.45, 2.75) is 26.6 Å². The van der Waals surface area contributed by atoms with Gasteiger partial charge >= 0.3 is 0 Å². The van der Waals surface area contributed by atoms with Crippen LogP contribution in [0.15, 0.2) is 54.6 Å². The number of ether oxygens (including phenoxy) is 1. The fraction of sp³-hybridized carbons (Fsp3) is 0.238. The van der Waals surface area contributed by atoms with Gasteiger partial charge in [0, 0.05) is 18.1 Å². The quantitative estimate of drug-likeness (QED) is 0.669. The van der Waals surface area contributed by atoms with Gasteiger partial charge in [0.1, 0.15) is 23.7 Å². The van der Waals surface area contributed by atoms with Crippen molar-refractivity contribution < 1.29 is 9.53 Å². The Morgan fingerprint density at radius 3 is 2.74 bits per heavy atom. The van der Waals surface area contributed by atoms with Crippen molar-refractivity contribution in [3.05, 3.63) is 82.1 Å². The van der Waals surface area contributed by atoms with Crippen LogP contribution in [-0.2, 0) is 19.7 Å². The SMILES string of the molecule is Cc1cccc(CN2CCn3nc(COc4ccccc4)cc3C2=O)c1Cl. The monoisotopic (exact) mass is 381 g/mol. The molecule has 0 fully saturated rings. The van der Waals surface area contributed by atoms with Crippen molar-refractivity contribution in [3.8, 4) is 5.75 Å². The van der Waals surface area contributed by atoms with Gasteiger partial charge in [-0.1, -0.05) is 48.0 Å². The summed E-state index contributed by atoms with van der Waals surface area (Å²) < 4.78 is 7.50. The minimum atomic E-state index is -0.0303. The van der Waals surface area contributed by atoms with Crippen molar-refractivity contribution in [1.29, 1.82) is 0 Å². The van der Waals surface area contributed by atoms with Crippen molar-refractivity contribution in [2.75, 3.05) is 6.54 Å². The number of amides is 1. The Morgan fingerprint density at radius 1 is 1.11 bits per heavy atom. The lowest BCUT2D eigenvalue weighted by Gasteiger charge is -2.28. The molecule has 0 saturated carbocycles.